The lowest BCUT2D eigenvalue weighted by molar-refractivity contribution is -0.110. The fraction of sp³-hybridized carbons (Fsp3) is 0.404. The van der Waals surface area contributed by atoms with Crippen LogP contribution in [-0.2, 0) is 25.6 Å². The van der Waals surface area contributed by atoms with Crippen molar-refractivity contribution in [1.82, 2.24) is 24.6 Å². The molecule has 2 amide bonds. The maximum atomic E-state index is 14.4. The number of likely N-dealkylation sites (N-methyl/N-ethyl adjacent to an activating group) is 1. The molecule has 0 aliphatic heterocycles. The average molecular weight is 900 g/mol. The number of halogens is 1. The van der Waals surface area contributed by atoms with Gasteiger partial charge in [0.1, 0.15) is 5.75 Å². The number of amides is 2. The highest BCUT2D eigenvalue weighted by Crippen LogP contribution is 2.38. The standard InChI is InChI=1S/C47H59ClN8O6S/c1-10-46(5,6)32-20-23-39(35(30-32)47(7,8)11-2)62-28-16-25-50-45(59)56-42(54-41-34(44(56)58)17-15-24-49-41)40(43(57)53-38-19-14-13-18-36(38)48)52-37-22-21-33(29-31(37)4)55(12-3)27-26-51-63(9,60)61/h13-15,17-24,29-30,51H,10-12,16,25-28H2,1-9H3,(H,50,59)(H,53,57)/b52-40+. The van der Waals surface area contributed by atoms with Crippen LogP contribution < -0.4 is 30.6 Å². The SMILES string of the molecule is CCN(CCNS(C)(=O)=O)c1ccc(/N=C(/C(=O)Nc2ccccc2Cl)c2nc3ncccc3c(=O)n2C(=O)NCCCOc2ccc(C(C)(C)CC)cc2C(C)(C)CC)c(C)c1. The van der Waals surface area contributed by atoms with Crippen LogP contribution in [0.1, 0.15) is 90.2 Å². The number of para-hydroxylation sites is 1. The third kappa shape index (κ3) is 12.1. The van der Waals surface area contributed by atoms with E-state index >= 15 is 0 Å². The lowest BCUT2D eigenvalue weighted by Gasteiger charge is -2.30. The number of aryl methyl sites for hydroxylation is 1. The molecule has 5 rings (SSSR count). The molecule has 0 atom stereocenters. The summed E-state index contributed by atoms with van der Waals surface area (Å²) in [5.41, 5.74) is 3.24. The Morgan fingerprint density at radius 1 is 0.937 bits per heavy atom. The van der Waals surface area contributed by atoms with Crippen LogP contribution in [-0.4, -0.2) is 79.6 Å². The number of fused-ring (bicyclic) bond motifs is 1. The van der Waals surface area contributed by atoms with Crippen molar-refractivity contribution in [3.05, 3.63) is 117 Å². The lowest BCUT2D eigenvalue weighted by Crippen LogP contribution is -2.42. The minimum absolute atomic E-state index is 0.00797. The van der Waals surface area contributed by atoms with Gasteiger partial charge in [0.25, 0.3) is 11.5 Å². The zero-order valence-corrected chi connectivity index (χ0v) is 39.2. The number of sulfonamides is 1. The zero-order chi connectivity index (χ0) is 46.1. The number of nitrogens with one attached hydrogen (secondary N) is 3. The summed E-state index contributed by atoms with van der Waals surface area (Å²) < 4.78 is 33.0. The Bertz CT molecular complexity index is 2660. The predicted molar refractivity (Wildman–Crippen MR) is 254 cm³/mol. The normalized spacial score (nSPS) is 12.3. The van der Waals surface area contributed by atoms with E-state index in [-0.39, 0.29) is 63.8 Å². The summed E-state index contributed by atoms with van der Waals surface area (Å²) in [5, 5.41) is 5.93. The van der Waals surface area contributed by atoms with Crippen LogP contribution in [0.25, 0.3) is 11.0 Å². The molecule has 3 N–H and O–H groups in total. The van der Waals surface area contributed by atoms with E-state index < -0.39 is 27.5 Å². The first-order valence-corrected chi connectivity index (χ1v) is 23.5. The Balaban J connectivity index is 1.49. The van der Waals surface area contributed by atoms with Crippen LogP contribution in [0.4, 0.5) is 21.9 Å². The van der Waals surface area contributed by atoms with Crippen LogP contribution >= 0.6 is 11.6 Å². The number of ether oxygens (including phenoxy) is 1. The van der Waals surface area contributed by atoms with Gasteiger partial charge in [-0.3, -0.25) is 9.59 Å². The zero-order valence-electron chi connectivity index (χ0n) is 37.6. The van der Waals surface area contributed by atoms with E-state index in [2.05, 4.69) is 79.0 Å². The number of pyridine rings is 1. The first-order valence-electron chi connectivity index (χ1n) is 21.2. The number of hydrogen-bond donors (Lipinski definition) is 3. The molecule has 0 spiro atoms. The van der Waals surface area contributed by atoms with Gasteiger partial charge in [-0.25, -0.2) is 37.5 Å². The second-order valence-corrected chi connectivity index (χ2v) is 18.9. The Labute approximate surface area is 375 Å². The van der Waals surface area contributed by atoms with Crippen molar-refractivity contribution >= 4 is 67.4 Å². The fourth-order valence-corrected chi connectivity index (χ4v) is 7.41. The molecule has 0 unspecified atom stereocenters. The minimum Gasteiger partial charge on any atom is -0.493 e. The number of carbonyl (C=O) groups excluding carboxylic acids is 2. The largest absolute Gasteiger partial charge is 0.493 e. The average Bonchev–Trinajstić information content (AvgIpc) is 3.24. The maximum absolute atomic E-state index is 14.4. The highest BCUT2D eigenvalue weighted by molar-refractivity contribution is 7.88. The van der Waals surface area contributed by atoms with Gasteiger partial charge < -0.3 is 20.3 Å². The summed E-state index contributed by atoms with van der Waals surface area (Å²) in [7, 11) is -3.37. The van der Waals surface area contributed by atoms with Gasteiger partial charge >= 0.3 is 6.03 Å². The van der Waals surface area contributed by atoms with E-state index in [1.807, 2.05) is 24.0 Å². The molecule has 63 heavy (non-hydrogen) atoms. The van der Waals surface area contributed by atoms with Gasteiger partial charge in [0, 0.05) is 43.6 Å². The second kappa shape index (κ2) is 20.7. The molecule has 3 aromatic carbocycles. The van der Waals surface area contributed by atoms with Gasteiger partial charge in [-0.1, -0.05) is 77.4 Å². The smallest absolute Gasteiger partial charge is 0.330 e. The molecule has 14 nitrogen and oxygen atoms in total. The molecule has 336 valence electrons. The first-order chi connectivity index (χ1) is 29.8. The van der Waals surface area contributed by atoms with E-state index in [0.717, 1.165) is 40.7 Å². The number of anilines is 2. The summed E-state index contributed by atoms with van der Waals surface area (Å²) in [6, 6.07) is 20.6. The number of rotatable bonds is 19. The maximum Gasteiger partial charge on any atom is 0.330 e. The Hall–Kier alpha value is -5.64. The third-order valence-corrected chi connectivity index (χ3v) is 12.5. The van der Waals surface area contributed by atoms with Gasteiger partial charge in [-0.2, -0.15) is 0 Å². The van der Waals surface area contributed by atoms with Crippen molar-refractivity contribution in [2.24, 2.45) is 4.99 Å². The van der Waals surface area contributed by atoms with Gasteiger partial charge in [0.15, 0.2) is 17.2 Å². The van der Waals surface area contributed by atoms with Crippen molar-refractivity contribution in [3.8, 4) is 5.75 Å². The minimum atomic E-state index is -3.37. The number of nitrogens with zero attached hydrogens (tertiary/aromatic N) is 5. The molecule has 2 heterocycles. The molecule has 16 heteroatoms. The summed E-state index contributed by atoms with van der Waals surface area (Å²) >= 11 is 6.45. The van der Waals surface area contributed by atoms with E-state index in [0.29, 0.717) is 30.8 Å². The highest BCUT2D eigenvalue weighted by atomic mass is 35.5. The molecule has 0 radical (unpaired) electrons. The molecule has 0 aliphatic rings. The van der Waals surface area contributed by atoms with Crippen LogP contribution in [0.2, 0.25) is 5.02 Å². The third-order valence-electron chi connectivity index (χ3n) is 11.4. The number of aromatic nitrogens is 3. The number of aliphatic imine (C=N–C) groups is 1. The number of hydrogen-bond acceptors (Lipinski definition) is 10. The molecule has 0 bridgehead atoms. The molecule has 0 saturated carbocycles. The van der Waals surface area contributed by atoms with Gasteiger partial charge in [0.2, 0.25) is 10.0 Å². The van der Waals surface area contributed by atoms with Crippen LogP contribution in [0.15, 0.2) is 88.8 Å². The predicted octanol–water partition coefficient (Wildman–Crippen LogP) is 8.29. The second-order valence-electron chi connectivity index (χ2n) is 16.7. The van der Waals surface area contributed by atoms with Crippen molar-refractivity contribution in [2.75, 3.05) is 49.3 Å². The molecule has 0 saturated heterocycles. The molecule has 2 aromatic heterocycles. The van der Waals surface area contributed by atoms with Crippen LogP contribution in [0.5, 0.6) is 5.75 Å². The van der Waals surface area contributed by atoms with Gasteiger partial charge in [-0.05, 0) is 104 Å². The summed E-state index contributed by atoms with van der Waals surface area (Å²) in [6.45, 7) is 18.6. The topological polar surface area (TPSA) is 177 Å². The quantitative estimate of drug-likeness (QED) is 0.0544. The van der Waals surface area contributed by atoms with E-state index in [1.165, 1.54) is 17.8 Å². The molecule has 0 fully saturated rings. The molecular formula is C47H59ClN8O6S. The summed E-state index contributed by atoms with van der Waals surface area (Å²) in [6.07, 6.45) is 4.89. The van der Waals surface area contributed by atoms with Gasteiger partial charge in [0.05, 0.1) is 34.6 Å². The van der Waals surface area contributed by atoms with Crippen molar-refractivity contribution in [1.29, 1.82) is 0 Å². The van der Waals surface area contributed by atoms with Crippen molar-refractivity contribution in [3.63, 3.8) is 0 Å². The highest BCUT2D eigenvalue weighted by Gasteiger charge is 2.29. The fourth-order valence-electron chi connectivity index (χ4n) is 6.76. The van der Waals surface area contributed by atoms with E-state index in [1.54, 1.807) is 49.4 Å². The number of carbonyl (C=O) groups is 2. The Morgan fingerprint density at radius 3 is 2.33 bits per heavy atom. The van der Waals surface area contributed by atoms with Crippen LogP contribution in [0.3, 0.4) is 0 Å². The van der Waals surface area contributed by atoms with Crippen molar-refractivity contribution in [2.45, 2.75) is 85.5 Å². The Kier molecular flexibility index (Phi) is 15.9. The van der Waals surface area contributed by atoms with Gasteiger partial charge in [-0.15, -0.1) is 0 Å². The molecule has 5 aromatic rings. The molecule has 0 aliphatic carbocycles. The molecular weight excluding hydrogens is 840 g/mol. The van der Waals surface area contributed by atoms with Crippen LogP contribution in [0, 0.1) is 6.92 Å². The number of benzene rings is 3. The summed E-state index contributed by atoms with van der Waals surface area (Å²) in [4.78, 5) is 58.5. The first kappa shape index (κ1) is 48.4. The Morgan fingerprint density at radius 2 is 1.67 bits per heavy atom. The van der Waals surface area contributed by atoms with E-state index in [9.17, 15) is 22.8 Å². The van der Waals surface area contributed by atoms with Crippen molar-refractivity contribution < 1.29 is 22.7 Å². The van der Waals surface area contributed by atoms with E-state index in [4.69, 9.17) is 21.3 Å². The lowest BCUT2D eigenvalue weighted by atomic mass is 9.76. The summed E-state index contributed by atoms with van der Waals surface area (Å²) in [5.74, 6) is -0.338. The monoisotopic (exact) mass is 898 g/mol.